The van der Waals surface area contributed by atoms with Gasteiger partial charge in [0.05, 0.1) is 10.9 Å². The molecule has 7 rings (SSSR count). The largest absolute Gasteiger partial charge is 0.455 e. The second kappa shape index (κ2) is 9.70. The number of hydrogen-bond acceptors (Lipinski definition) is 1. The zero-order valence-electron chi connectivity index (χ0n) is 25.9. The third-order valence-corrected chi connectivity index (χ3v) is 8.79. The highest BCUT2D eigenvalue weighted by atomic mass is 16.5. The molecule has 0 bridgehead atoms. The Morgan fingerprint density at radius 1 is 0.786 bits per heavy atom. The van der Waals surface area contributed by atoms with E-state index in [2.05, 4.69) is 138 Å². The van der Waals surface area contributed by atoms with Crippen molar-refractivity contribution in [3.05, 3.63) is 102 Å². The molecule has 1 aromatic heterocycles. The first-order chi connectivity index (χ1) is 20.1. The third kappa shape index (κ3) is 4.36. The zero-order valence-corrected chi connectivity index (χ0v) is 25.9. The van der Waals surface area contributed by atoms with Crippen LogP contribution in [0.2, 0.25) is 0 Å². The second-order valence-electron chi connectivity index (χ2n) is 13.9. The lowest BCUT2D eigenvalue weighted by atomic mass is 9.83. The summed E-state index contributed by atoms with van der Waals surface area (Å²) in [5, 5.41) is 7.58. The molecule has 2 nitrogen and oxygen atoms in total. The maximum absolute atomic E-state index is 7.05. The Hall–Kier alpha value is -4.17. The van der Waals surface area contributed by atoms with Gasteiger partial charge in [-0.2, -0.15) is 0 Å². The van der Waals surface area contributed by atoms with E-state index in [9.17, 15) is 0 Å². The molecule has 0 fully saturated rings. The molecule has 2 heterocycles. The van der Waals surface area contributed by atoms with Gasteiger partial charge in [0.15, 0.2) is 6.20 Å². The maximum atomic E-state index is 7.05. The van der Waals surface area contributed by atoms with Crippen molar-refractivity contribution in [2.24, 2.45) is 18.4 Å². The van der Waals surface area contributed by atoms with Gasteiger partial charge in [0, 0.05) is 17.0 Å². The molecule has 0 N–H and O–H groups in total. The van der Waals surface area contributed by atoms with Gasteiger partial charge in [-0.25, -0.2) is 4.57 Å². The van der Waals surface area contributed by atoms with Crippen molar-refractivity contribution in [2.45, 2.75) is 54.4 Å². The molecule has 0 atom stereocenters. The summed E-state index contributed by atoms with van der Waals surface area (Å²) < 4.78 is 9.35. The fourth-order valence-electron chi connectivity index (χ4n) is 7.03. The molecular weight excluding hydrogens is 510 g/mol. The van der Waals surface area contributed by atoms with Crippen LogP contribution in [0.3, 0.4) is 0 Å². The minimum Gasteiger partial charge on any atom is -0.455 e. The SMILES string of the molecule is Cc1c2c(c(CC(C)C)c3ccc(CC(C)(C)C)cc13)Oc1cc3ccc(-c4ccccc4)cc3c3cc[n+](C)c-2c13. The van der Waals surface area contributed by atoms with Crippen LogP contribution in [-0.4, -0.2) is 0 Å². The summed E-state index contributed by atoms with van der Waals surface area (Å²) >= 11 is 0. The Labute approximate surface area is 249 Å². The van der Waals surface area contributed by atoms with Crippen LogP contribution in [0.4, 0.5) is 0 Å². The molecule has 210 valence electrons. The lowest BCUT2D eigenvalue weighted by molar-refractivity contribution is -0.659. The number of aromatic nitrogens is 1. The lowest BCUT2D eigenvalue weighted by Gasteiger charge is -2.27. The molecule has 0 saturated heterocycles. The van der Waals surface area contributed by atoms with Gasteiger partial charge in [-0.1, -0.05) is 95.3 Å². The molecule has 0 spiro atoms. The monoisotopic (exact) mass is 550 g/mol. The number of ether oxygens (including phenoxy) is 1. The lowest BCUT2D eigenvalue weighted by Crippen LogP contribution is -2.32. The van der Waals surface area contributed by atoms with E-state index >= 15 is 0 Å². The smallest absolute Gasteiger partial charge is 0.228 e. The Morgan fingerprint density at radius 2 is 1.57 bits per heavy atom. The number of benzene rings is 5. The molecule has 0 amide bonds. The molecule has 42 heavy (non-hydrogen) atoms. The molecule has 5 aromatic carbocycles. The van der Waals surface area contributed by atoms with Crippen LogP contribution < -0.4 is 9.30 Å². The highest BCUT2D eigenvalue weighted by Crippen LogP contribution is 2.52. The zero-order chi connectivity index (χ0) is 29.3. The first kappa shape index (κ1) is 26.7. The van der Waals surface area contributed by atoms with Crippen LogP contribution in [0.1, 0.15) is 51.3 Å². The van der Waals surface area contributed by atoms with Crippen molar-refractivity contribution in [1.82, 2.24) is 0 Å². The van der Waals surface area contributed by atoms with E-state index in [4.69, 9.17) is 4.74 Å². The van der Waals surface area contributed by atoms with E-state index in [1.165, 1.54) is 71.4 Å². The van der Waals surface area contributed by atoms with Crippen LogP contribution in [0.15, 0.2) is 85.1 Å². The predicted octanol–water partition coefficient (Wildman–Crippen LogP) is 10.5. The highest BCUT2D eigenvalue weighted by molar-refractivity contribution is 6.17. The topological polar surface area (TPSA) is 13.1 Å². The number of aryl methyl sites for hydroxylation is 2. The predicted molar refractivity (Wildman–Crippen MR) is 178 cm³/mol. The number of hydrogen-bond donors (Lipinski definition) is 0. The van der Waals surface area contributed by atoms with E-state index in [0.717, 1.165) is 24.3 Å². The van der Waals surface area contributed by atoms with Crippen LogP contribution in [0.5, 0.6) is 11.5 Å². The fraction of sp³-hybridized carbons (Fsp3) is 0.275. The van der Waals surface area contributed by atoms with Crippen molar-refractivity contribution in [3.8, 4) is 33.9 Å². The quantitative estimate of drug-likeness (QED) is 0.157. The number of rotatable bonds is 4. The molecule has 0 radical (unpaired) electrons. The van der Waals surface area contributed by atoms with Crippen LogP contribution in [0.25, 0.3) is 54.7 Å². The summed E-state index contributed by atoms with van der Waals surface area (Å²) in [5.74, 6) is 2.50. The summed E-state index contributed by atoms with van der Waals surface area (Å²) in [5.41, 5.74) is 9.22. The third-order valence-electron chi connectivity index (χ3n) is 8.79. The molecule has 0 aliphatic carbocycles. The Bertz CT molecular complexity index is 2030. The molecule has 6 aromatic rings. The van der Waals surface area contributed by atoms with Crippen molar-refractivity contribution in [3.63, 3.8) is 0 Å². The average Bonchev–Trinajstić information content (AvgIpc) is 2.95. The van der Waals surface area contributed by atoms with Gasteiger partial charge in [0.1, 0.15) is 18.5 Å². The molecule has 1 aliphatic heterocycles. The van der Waals surface area contributed by atoms with Crippen LogP contribution in [-0.2, 0) is 19.9 Å². The maximum Gasteiger partial charge on any atom is 0.228 e. The van der Waals surface area contributed by atoms with E-state index in [-0.39, 0.29) is 5.41 Å². The number of fused-ring (bicyclic) bond motifs is 5. The van der Waals surface area contributed by atoms with Crippen molar-refractivity contribution < 1.29 is 9.30 Å². The minimum absolute atomic E-state index is 0.232. The van der Waals surface area contributed by atoms with Crippen LogP contribution in [0, 0.1) is 18.3 Å². The van der Waals surface area contributed by atoms with Crippen molar-refractivity contribution in [1.29, 1.82) is 0 Å². The summed E-state index contributed by atoms with van der Waals surface area (Å²) in [6.07, 6.45) is 4.26. The van der Waals surface area contributed by atoms with Gasteiger partial charge >= 0.3 is 0 Å². The minimum atomic E-state index is 0.232. The summed E-state index contributed by atoms with van der Waals surface area (Å²) in [4.78, 5) is 0. The molecule has 1 aliphatic rings. The Morgan fingerprint density at radius 3 is 2.31 bits per heavy atom. The van der Waals surface area contributed by atoms with Crippen molar-refractivity contribution in [2.75, 3.05) is 0 Å². The summed E-state index contributed by atoms with van der Waals surface area (Å²) in [6.45, 7) is 13.9. The Balaban J connectivity index is 1.55. The van der Waals surface area contributed by atoms with Crippen molar-refractivity contribution >= 4 is 32.3 Å². The molecule has 0 saturated carbocycles. The summed E-state index contributed by atoms with van der Waals surface area (Å²) in [6, 6.07) is 29.1. The highest BCUT2D eigenvalue weighted by Gasteiger charge is 2.33. The second-order valence-corrected chi connectivity index (χ2v) is 13.9. The normalized spacial score (nSPS) is 12.8. The van der Waals surface area contributed by atoms with Gasteiger partial charge in [-0.05, 0) is 87.0 Å². The molecule has 2 heteroatoms. The average molecular weight is 551 g/mol. The fourth-order valence-corrected chi connectivity index (χ4v) is 7.03. The first-order valence-corrected chi connectivity index (χ1v) is 15.3. The van der Waals surface area contributed by atoms with Gasteiger partial charge < -0.3 is 4.74 Å². The first-order valence-electron chi connectivity index (χ1n) is 15.3. The Kier molecular flexibility index (Phi) is 6.17. The molecular formula is C40H40NO+. The van der Waals surface area contributed by atoms with E-state index in [1.807, 2.05) is 0 Å². The van der Waals surface area contributed by atoms with Gasteiger partial charge in [0.2, 0.25) is 5.69 Å². The standard InChI is InChI=1S/C40H40NO/c1-24(2)19-34-30-16-13-26(23-40(4,5)6)20-32(30)25(3)36-38-37-31(17-18-41(38)7)33-21-28(27-11-9-8-10-12-27)14-15-29(33)22-35(37)42-39(34)36/h8-18,20-22,24H,19,23H2,1-7H3/q+1. The van der Waals surface area contributed by atoms with Gasteiger partial charge in [-0.3, -0.25) is 0 Å². The van der Waals surface area contributed by atoms with E-state index < -0.39 is 0 Å². The van der Waals surface area contributed by atoms with E-state index in [1.54, 1.807) is 0 Å². The van der Waals surface area contributed by atoms with E-state index in [0.29, 0.717) is 5.92 Å². The van der Waals surface area contributed by atoms with Crippen LogP contribution >= 0.6 is 0 Å². The number of nitrogens with zero attached hydrogens (tertiary/aromatic N) is 1. The van der Waals surface area contributed by atoms with Gasteiger partial charge in [0.25, 0.3) is 0 Å². The van der Waals surface area contributed by atoms with Gasteiger partial charge in [-0.15, -0.1) is 0 Å². The summed E-state index contributed by atoms with van der Waals surface area (Å²) in [7, 11) is 2.18. The number of pyridine rings is 1. The molecule has 0 unspecified atom stereocenters.